The fourth-order valence-corrected chi connectivity index (χ4v) is 2.26. The van der Waals surface area contributed by atoms with E-state index in [1.54, 1.807) is 0 Å². The van der Waals surface area contributed by atoms with Crippen molar-refractivity contribution in [2.24, 2.45) is 0 Å². The number of rotatable bonds is 7. The van der Waals surface area contributed by atoms with E-state index in [0.29, 0.717) is 6.61 Å². The first-order valence-corrected chi connectivity index (χ1v) is 7.41. The van der Waals surface area contributed by atoms with Gasteiger partial charge in [-0.15, -0.1) is 0 Å². The van der Waals surface area contributed by atoms with E-state index < -0.39 is 0 Å². The van der Waals surface area contributed by atoms with Gasteiger partial charge in [0.25, 0.3) is 0 Å². The zero-order chi connectivity index (χ0) is 14.4. The predicted octanol–water partition coefficient (Wildman–Crippen LogP) is 3.70. The highest BCUT2D eigenvalue weighted by molar-refractivity contribution is 5.84. The van der Waals surface area contributed by atoms with Crippen LogP contribution in [0.3, 0.4) is 0 Å². The van der Waals surface area contributed by atoms with Gasteiger partial charge in [-0.2, -0.15) is 0 Å². The number of benzene rings is 1. The van der Waals surface area contributed by atoms with Crippen LogP contribution in [0.15, 0.2) is 36.5 Å². The van der Waals surface area contributed by atoms with Crippen molar-refractivity contribution in [3.05, 3.63) is 42.2 Å². The minimum Gasteiger partial charge on any atom is -0.377 e. The summed E-state index contributed by atoms with van der Waals surface area (Å²) in [5, 5.41) is 5.98. The first-order valence-electron chi connectivity index (χ1n) is 7.41. The molecule has 1 aromatic carbocycles. The number of fused-ring (bicyclic) bond motifs is 1. The molecule has 3 nitrogen and oxygen atoms in total. The van der Waals surface area contributed by atoms with Gasteiger partial charge in [0.2, 0.25) is 0 Å². The maximum Gasteiger partial charge on any atom is 0.0739 e. The Bertz CT molecular complexity index is 534. The Morgan fingerprint density at radius 1 is 1.20 bits per heavy atom. The minimum absolute atomic E-state index is 0.142. The van der Waals surface area contributed by atoms with Gasteiger partial charge in [-0.1, -0.05) is 31.2 Å². The Morgan fingerprint density at radius 2 is 2.00 bits per heavy atom. The van der Waals surface area contributed by atoms with Gasteiger partial charge in [0.15, 0.2) is 0 Å². The monoisotopic (exact) mass is 272 g/mol. The lowest BCUT2D eigenvalue weighted by Gasteiger charge is -2.21. The topological polar surface area (TPSA) is 34.1 Å². The van der Waals surface area contributed by atoms with Crippen LogP contribution in [0.5, 0.6) is 0 Å². The number of nitrogens with one attached hydrogen (secondary N) is 1. The van der Waals surface area contributed by atoms with Crippen LogP contribution in [0.1, 0.15) is 38.9 Å². The standard InChI is InChI=1S/C17H24N2O/c1-4-10-18-16(12-20-13(2)3)17-15-8-6-5-7-14(15)9-11-19-17/h5-9,11,13,16,18H,4,10,12H2,1-3H3. The third-order valence-electron chi connectivity index (χ3n) is 3.27. The average molecular weight is 272 g/mol. The molecule has 0 bridgehead atoms. The molecule has 1 aromatic heterocycles. The van der Waals surface area contributed by atoms with E-state index in [2.05, 4.69) is 61.4 Å². The summed E-state index contributed by atoms with van der Waals surface area (Å²) in [5.74, 6) is 0. The summed E-state index contributed by atoms with van der Waals surface area (Å²) < 4.78 is 5.80. The molecule has 0 saturated carbocycles. The second kappa shape index (κ2) is 7.36. The third kappa shape index (κ3) is 3.78. The van der Waals surface area contributed by atoms with Crippen molar-refractivity contribution in [2.75, 3.05) is 13.2 Å². The lowest BCUT2D eigenvalue weighted by atomic mass is 10.1. The van der Waals surface area contributed by atoms with E-state index >= 15 is 0 Å². The molecule has 2 aromatic rings. The van der Waals surface area contributed by atoms with Crippen LogP contribution in [0.4, 0.5) is 0 Å². The summed E-state index contributed by atoms with van der Waals surface area (Å²) in [4.78, 5) is 4.60. The molecule has 0 aliphatic carbocycles. The molecule has 0 fully saturated rings. The van der Waals surface area contributed by atoms with Gasteiger partial charge in [-0.3, -0.25) is 4.98 Å². The highest BCUT2D eigenvalue weighted by Crippen LogP contribution is 2.22. The normalized spacial score (nSPS) is 13.0. The van der Waals surface area contributed by atoms with Crippen molar-refractivity contribution >= 4 is 10.8 Å². The SMILES string of the molecule is CCCNC(COC(C)C)c1nccc2ccccc12. The Morgan fingerprint density at radius 3 is 2.75 bits per heavy atom. The van der Waals surface area contributed by atoms with E-state index in [1.807, 2.05) is 6.20 Å². The Kier molecular flexibility index (Phi) is 5.50. The number of hydrogen-bond donors (Lipinski definition) is 1. The van der Waals surface area contributed by atoms with Gasteiger partial charge >= 0.3 is 0 Å². The molecule has 0 saturated heterocycles. The van der Waals surface area contributed by atoms with Gasteiger partial charge < -0.3 is 10.1 Å². The molecular weight excluding hydrogens is 248 g/mol. The van der Waals surface area contributed by atoms with Crippen molar-refractivity contribution in [3.8, 4) is 0 Å². The fraction of sp³-hybridized carbons (Fsp3) is 0.471. The minimum atomic E-state index is 0.142. The van der Waals surface area contributed by atoms with E-state index in [1.165, 1.54) is 10.8 Å². The predicted molar refractivity (Wildman–Crippen MR) is 83.9 cm³/mol. The smallest absolute Gasteiger partial charge is 0.0739 e. The van der Waals surface area contributed by atoms with Gasteiger partial charge in [0.1, 0.15) is 0 Å². The van der Waals surface area contributed by atoms with E-state index in [0.717, 1.165) is 18.7 Å². The van der Waals surface area contributed by atoms with Crippen molar-refractivity contribution in [3.63, 3.8) is 0 Å². The molecule has 1 heterocycles. The van der Waals surface area contributed by atoms with Gasteiger partial charge in [-0.25, -0.2) is 0 Å². The van der Waals surface area contributed by atoms with Crippen molar-refractivity contribution in [1.82, 2.24) is 10.3 Å². The molecule has 1 N–H and O–H groups in total. The molecule has 0 aliphatic heterocycles. The Balaban J connectivity index is 2.29. The largest absolute Gasteiger partial charge is 0.377 e. The maximum absolute atomic E-state index is 5.80. The number of nitrogens with zero attached hydrogens (tertiary/aromatic N) is 1. The van der Waals surface area contributed by atoms with Gasteiger partial charge in [0, 0.05) is 11.6 Å². The second-order valence-corrected chi connectivity index (χ2v) is 5.31. The molecule has 0 spiro atoms. The van der Waals surface area contributed by atoms with Crippen molar-refractivity contribution in [2.45, 2.75) is 39.3 Å². The first kappa shape index (κ1) is 14.9. The zero-order valence-corrected chi connectivity index (χ0v) is 12.6. The fourth-order valence-electron chi connectivity index (χ4n) is 2.26. The lowest BCUT2D eigenvalue weighted by molar-refractivity contribution is 0.0606. The highest BCUT2D eigenvalue weighted by atomic mass is 16.5. The highest BCUT2D eigenvalue weighted by Gasteiger charge is 2.16. The molecule has 2 rings (SSSR count). The van der Waals surface area contributed by atoms with Crippen LogP contribution in [-0.4, -0.2) is 24.2 Å². The van der Waals surface area contributed by atoms with Crippen LogP contribution >= 0.6 is 0 Å². The van der Waals surface area contributed by atoms with Crippen molar-refractivity contribution < 1.29 is 4.74 Å². The third-order valence-corrected chi connectivity index (χ3v) is 3.27. The Labute approximate surface area is 121 Å². The summed E-state index contributed by atoms with van der Waals surface area (Å²) in [7, 11) is 0. The number of ether oxygens (including phenoxy) is 1. The summed E-state index contributed by atoms with van der Waals surface area (Å²) >= 11 is 0. The maximum atomic E-state index is 5.80. The van der Waals surface area contributed by atoms with Crippen LogP contribution in [-0.2, 0) is 4.74 Å². The summed E-state index contributed by atoms with van der Waals surface area (Å²) in [6.45, 7) is 7.92. The number of aromatic nitrogens is 1. The van der Waals surface area contributed by atoms with Crippen LogP contribution in [0.25, 0.3) is 10.8 Å². The van der Waals surface area contributed by atoms with Crippen LogP contribution < -0.4 is 5.32 Å². The van der Waals surface area contributed by atoms with E-state index in [9.17, 15) is 0 Å². The van der Waals surface area contributed by atoms with E-state index in [-0.39, 0.29) is 12.1 Å². The molecule has 20 heavy (non-hydrogen) atoms. The molecule has 0 radical (unpaired) electrons. The Hall–Kier alpha value is -1.45. The zero-order valence-electron chi connectivity index (χ0n) is 12.6. The average Bonchev–Trinajstić information content (AvgIpc) is 2.47. The quantitative estimate of drug-likeness (QED) is 0.834. The van der Waals surface area contributed by atoms with Gasteiger partial charge in [0.05, 0.1) is 24.4 Å². The molecular formula is C17H24N2O. The number of hydrogen-bond acceptors (Lipinski definition) is 3. The molecule has 0 aliphatic rings. The van der Waals surface area contributed by atoms with Gasteiger partial charge in [-0.05, 0) is 38.3 Å². The molecule has 1 unspecified atom stereocenters. The van der Waals surface area contributed by atoms with E-state index in [4.69, 9.17) is 4.74 Å². The number of pyridine rings is 1. The van der Waals surface area contributed by atoms with Crippen LogP contribution in [0, 0.1) is 0 Å². The van der Waals surface area contributed by atoms with Crippen LogP contribution in [0.2, 0.25) is 0 Å². The molecule has 0 amide bonds. The second-order valence-electron chi connectivity index (χ2n) is 5.31. The summed E-state index contributed by atoms with van der Waals surface area (Å²) in [6.07, 6.45) is 3.22. The van der Waals surface area contributed by atoms with Crippen molar-refractivity contribution in [1.29, 1.82) is 0 Å². The summed E-state index contributed by atoms with van der Waals surface area (Å²) in [6, 6.07) is 10.6. The first-order chi connectivity index (χ1) is 9.72. The molecule has 3 heteroatoms. The molecule has 1 atom stereocenters. The lowest BCUT2D eigenvalue weighted by Crippen LogP contribution is -2.28. The molecule has 108 valence electrons. The summed E-state index contributed by atoms with van der Waals surface area (Å²) in [5.41, 5.74) is 1.08.